The predicted molar refractivity (Wildman–Crippen MR) is 83.0 cm³/mol. The van der Waals surface area contributed by atoms with E-state index in [1.807, 2.05) is 43.1 Å². The number of benzene rings is 1. The van der Waals surface area contributed by atoms with Crippen molar-refractivity contribution in [2.45, 2.75) is 33.2 Å². The first-order valence-corrected chi connectivity index (χ1v) is 7.53. The fourth-order valence-corrected chi connectivity index (χ4v) is 2.87. The monoisotopic (exact) mass is 274 g/mol. The molecule has 2 rings (SSSR count). The molecule has 20 heavy (non-hydrogen) atoms. The maximum Gasteiger partial charge on any atom is 0.253 e. The Morgan fingerprint density at radius 3 is 2.55 bits per heavy atom. The molecule has 1 fully saturated rings. The third kappa shape index (κ3) is 3.60. The standard InChI is InChI=1S/C17H26N2O/c1-13(2)19-10-9-15(12-19)11-18(4)17(20)16-7-5-14(3)6-8-16/h5-8,13,15H,9-12H2,1-4H3. The molecule has 0 aromatic heterocycles. The maximum atomic E-state index is 12.4. The SMILES string of the molecule is Cc1ccc(C(=O)N(C)CC2CCN(C(C)C)C2)cc1. The molecule has 0 saturated carbocycles. The van der Waals surface area contributed by atoms with Gasteiger partial charge in [0.25, 0.3) is 5.91 Å². The molecule has 0 spiro atoms. The van der Waals surface area contributed by atoms with Crippen LogP contribution in [0.25, 0.3) is 0 Å². The van der Waals surface area contributed by atoms with Gasteiger partial charge in [-0.25, -0.2) is 0 Å². The van der Waals surface area contributed by atoms with Crippen molar-refractivity contribution in [3.05, 3.63) is 35.4 Å². The molecule has 3 nitrogen and oxygen atoms in total. The summed E-state index contributed by atoms with van der Waals surface area (Å²) >= 11 is 0. The Kier molecular flexibility index (Phi) is 4.81. The number of carbonyl (C=O) groups is 1. The van der Waals surface area contributed by atoms with E-state index >= 15 is 0 Å². The van der Waals surface area contributed by atoms with Crippen LogP contribution in [0.1, 0.15) is 36.2 Å². The second-order valence-electron chi connectivity index (χ2n) is 6.30. The smallest absolute Gasteiger partial charge is 0.253 e. The molecule has 0 aliphatic carbocycles. The minimum atomic E-state index is 0.132. The third-order valence-electron chi connectivity index (χ3n) is 4.22. The lowest BCUT2D eigenvalue weighted by Crippen LogP contribution is -2.34. The number of likely N-dealkylation sites (tertiary alicyclic amines) is 1. The van der Waals surface area contributed by atoms with Crippen molar-refractivity contribution >= 4 is 5.91 Å². The van der Waals surface area contributed by atoms with Crippen LogP contribution < -0.4 is 0 Å². The highest BCUT2D eigenvalue weighted by Crippen LogP contribution is 2.19. The quantitative estimate of drug-likeness (QED) is 0.843. The number of hydrogen-bond donors (Lipinski definition) is 0. The number of carbonyl (C=O) groups excluding carboxylic acids is 1. The van der Waals surface area contributed by atoms with E-state index in [-0.39, 0.29) is 5.91 Å². The van der Waals surface area contributed by atoms with Gasteiger partial charge in [-0.2, -0.15) is 0 Å². The zero-order chi connectivity index (χ0) is 14.7. The fraction of sp³-hybridized carbons (Fsp3) is 0.588. The average molecular weight is 274 g/mol. The zero-order valence-corrected chi connectivity index (χ0v) is 13.1. The van der Waals surface area contributed by atoms with Crippen LogP contribution >= 0.6 is 0 Å². The van der Waals surface area contributed by atoms with Crippen LogP contribution in [-0.4, -0.2) is 48.4 Å². The molecule has 0 bridgehead atoms. The largest absolute Gasteiger partial charge is 0.341 e. The first kappa shape index (κ1) is 15.0. The molecular formula is C17H26N2O. The minimum Gasteiger partial charge on any atom is -0.341 e. The normalized spacial score (nSPS) is 19.6. The summed E-state index contributed by atoms with van der Waals surface area (Å²) in [6, 6.07) is 8.44. The van der Waals surface area contributed by atoms with Gasteiger partial charge in [0.05, 0.1) is 0 Å². The summed E-state index contributed by atoms with van der Waals surface area (Å²) in [5.74, 6) is 0.741. The molecule has 110 valence electrons. The number of amides is 1. The van der Waals surface area contributed by atoms with E-state index in [2.05, 4.69) is 18.7 Å². The fourth-order valence-electron chi connectivity index (χ4n) is 2.87. The summed E-state index contributed by atoms with van der Waals surface area (Å²) in [4.78, 5) is 16.7. The number of rotatable bonds is 4. The summed E-state index contributed by atoms with van der Waals surface area (Å²) in [5.41, 5.74) is 1.98. The Balaban J connectivity index is 1.90. The molecule has 0 radical (unpaired) electrons. The van der Waals surface area contributed by atoms with Crippen LogP contribution in [0.15, 0.2) is 24.3 Å². The van der Waals surface area contributed by atoms with Crippen molar-refractivity contribution in [3.8, 4) is 0 Å². The lowest BCUT2D eigenvalue weighted by molar-refractivity contribution is 0.0772. The van der Waals surface area contributed by atoms with Crippen LogP contribution in [-0.2, 0) is 0 Å². The molecule has 1 heterocycles. The van der Waals surface area contributed by atoms with E-state index in [4.69, 9.17) is 0 Å². The van der Waals surface area contributed by atoms with Gasteiger partial charge in [0, 0.05) is 31.7 Å². The number of nitrogens with zero attached hydrogens (tertiary/aromatic N) is 2. The van der Waals surface area contributed by atoms with Crippen LogP contribution in [0.5, 0.6) is 0 Å². The average Bonchev–Trinajstić information content (AvgIpc) is 2.87. The molecule has 1 aromatic carbocycles. The van der Waals surface area contributed by atoms with Gasteiger partial charge in [-0.15, -0.1) is 0 Å². The Morgan fingerprint density at radius 1 is 1.35 bits per heavy atom. The molecule has 1 aliphatic heterocycles. The highest BCUT2D eigenvalue weighted by atomic mass is 16.2. The number of aryl methyl sites for hydroxylation is 1. The van der Waals surface area contributed by atoms with Gasteiger partial charge >= 0.3 is 0 Å². The highest BCUT2D eigenvalue weighted by molar-refractivity contribution is 5.94. The van der Waals surface area contributed by atoms with Crippen molar-refractivity contribution in [2.24, 2.45) is 5.92 Å². The molecule has 1 atom stereocenters. The second-order valence-corrected chi connectivity index (χ2v) is 6.30. The third-order valence-corrected chi connectivity index (χ3v) is 4.22. The Labute approximate surface area is 122 Å². The minimum absolute atomic E-state index is 0.132. The van der Waals surface area contributed by atoms with Gasteiger partial charge in [-0.3, -0.25) is 4.79 Å². The summed E-state index contributed by atoms with van der Waals surface area (Å²) in [6.45, 7) is 9.65. The lowest BCUT2D eigenvalue weighted by Gasteiger charge is -2.23. The molecule has 1 amide bonds. The van der Waals surface area contributed by atoms with Gasteiger partial charge in [-0.05, 0) is 51.8 Å². The van der Waals surface area contributed by atoms with Crippen molar-refractivity contribution in [2.75, 3.05) is 26.7 Å². The van der Waals surface area contributed by atoms with E-state index in [1.165, 1.54) is 12.0 Å². The second kappa shape index (κ2) is 6.40. The zero-order valence-electron chi connectivity index (χ0n) is 13.1. The van der Waals surface area contributed by atoms with Crippen LogP contribution in [0.3, 0.4) is 0 Å². The van der Waals surface area contributed by atoms with E-state index < -0.39 is 0 Å². The van der Waals surface area contributed by atoms with Gasteiger partial charge in [0.2, 0.25) is 0 Å². The molecule has 3 heteroatoms. The van der Waals surface area contributed by atoms with E-state index in [0.717, 1.165) is 25.2 Å². The van der Waals surface area contributed by atoms with E-state index in [1.54, 1.807) is 0 Å². The number of hydrogen-bond acceptors (Lipinski definition) is 2. The van der Waals surface area contributed by atoms with Gasteiger partial charge < -0.3 is 9.80 Å². The Bertz CT molecular complexity index is 453. The van der Waals surface area contributed by atoms with E-state index in [9.17, 15) is 4.79 Å². The highest BCUT2D eigenvalue weighted by Gasteiger charge is 2.26. The summed E-state index contributed by atoms with van der Waals surface area (Å²) in [5, 5.41) is 0. The molecule has 1 aliphatic rings. The van der Waals surface area contributed by atoms with Gasteiger partial charge in [-0.1, -0.05) is 17.7 Å². The summed E-state index contributed by atoms with van der Waals surface area (Å²) < 4.78 is 0. The van der Waals surface area contributed by atoms with Crippen molar-refractivity contribution in [1.29, 1.82) is 0 Å². The Morgan fingerprint density at radius 2 is 2.00 bits per heavy atom. The first-order chi connectivity index (χ1) is 9.47. The van der Waals surface area contributed by atoms with E-state index in [0.29, 0.717) is 12.0 Å². The topological polar surface area (TPSA) is 23.6 Å². The van der Waals surface area contributed by atoms with Gasteiger partial charge in [0.1, 0.15) is 0 Å². The summed E-state index contributed by atoms with van der Waals surface area (Å²) in [6.07, 6.45) is 1.20. The van der Waals surface area contributed by atoms with Gasteiger partial charge in [0.15, 0.2) is 0 Å². The Hall–Kier alpha value is -1.35. The molecular weight excluding hydrogens is 248 g/mol. The van der Waals surface area contributed by atoms with Crippen LogP contribution in [0.4, 0.5) is 0 Å². The molecule has 1 aromatic rings. The van der Waals surface area contributed by atoms with Crippen LogP contribution in [0, 0.1) is 12.8 Å². The molecule has 0 N–H and O–H groups in total. The van der Waals surface area contributed by atoms with Crippen molar-refractivity contribution in [1.82, 2.24) is 9.80 Å². The van der Waals surface area contributed by atoms with Crippen LogP contribution in [0.2, 0.25) is 0 Å². The molecule has 1 saturated heterocycles. The first-order valence-electron chi connectivity index (χ1n) is 7.53. The maximum absolute atomic E-state index is 12.4. The predicted octanol–water partition coefficient (Wildman–Crippen LogP) is 2.80. The summed E-state index contributed by atoms with van der Waals surface area (Å²) in [7, 11) is 1.92. The lowest BCUT2D eigenvalue weighted by atomic mass is 10.1. The van der Waals surface area contributed by atoms with Crippen molar-refractivity contribution in [3.63, 3.8) is 0 Å². The molecule has 1 unspecified atom stereocenters. The van der Waals surface area contributed by atoms with Crippen molar-refractivity contribution < 1.29 is 4.79 Å².